The Morgan fingerprint density at radius 2 is 1.87 bits per heavy atom. The van der Waals surface area contributed by atoms with Crippen LogP contribution in [0.2, 0.25) is 0 Å². The number of amides is 1. The summed E-state index contributed by atoms with van der Waals surface area (Å²) in [5.74, 6) is -0.290. The number of halogens is 3. The van der Waals surface area contributed by atoms with Crippen molar-refractivity contribution >= 4 is 21.7 Å². The van der Waals surface area contributed by atoms with Gasteiger partial charge in [-0.25, -0.2) is 18.2 Å². The van der Waals surface area contributed by atoms with Crippen LogP contribution in [0, 0.1) is 0 Å². The molecular weight excluding hydrogens is 429 g/mol. The van der Waals surface area contributed by atoms with Gasteiger partial charge in [0.15, 0.2) is 5.82 Å². The van der Waals surface area contributed by atoms with Gasteiger partial charge in [-0.2, -0.15) is 9.29 Å². The Hall–Kier alpha value is -3.19. The quantitative estimate of drug-likeness (QED) is 0.750. The monoisotopic (exact) mass is 444 g/mol. The van der Waals surface area contributed by atoms with Gasteiger partial charge in [-0.15, -0.1) is 13.2 Å². The van der Waals surface area contributed by atoms with Crippen molar-refractivity contribution in [1.82, 2.24) is 14.3 Å². The minimum Gasteiger partial charge on any atom is -0.406 e. The number of primary amides is 1. The van der Waals surface area contributed by atoms with Gasteiger partial charge in [0.2, 0.25) is 15.9 Å². The Morgan fingerprint density at radius 1 is 1.17 bits per heavy atom. The van der Waals surface area contributed by atoms with Gasteiger partial charge in [0.25, 0.3) is 0 Å². The number of alkyl halides is 3. The zero-order chi connectivity index (χ0) is 21.9. The van der Waals surface area contributed by atoms with Gasteiger partial charge < -0.3 is 15.2 Å². The van der Waals surface area contributed by atoms with Crippen LogP contribution in [0.25, 0.3) is 5.57 Å². The van der Waals surface area contributed by atoms with Crippen molar-refractivity contribution in [2.24, 2.45) is 5.73 Å². The molecule has 0 radical (unpaired) electrons. The molecule has 30 heavy (non-hydrogen) atoms. The highest BCUT2D eigenvalue weighted by atomic mass is 32.2. The van der Waals surface area contributed by atoms with Gasteiger partial charge in [0.1, 0.15) is 5.75 Å². The minimum atomic E-state index is -4.86. The molecule has 1 amide bonds. The maximum Gasteiger partial charge on any atom is 0.573 e. The molecule has 0 unspecified atom stereocenters. The molecule has 0 bridgehead atoms. The summed E-state index contributed by atoms with van der Waals surface area (Å²) in [4.78, 5) is 18.8. The number of carbonyl (C=O) groups is 1. The van der Waals surface area contributed by atoms with Crippen molar-refractivity contribution in [3.8, 4) is 11.6 Å². The molecule has 0 spiro atoms. The molecule has 1 aliphatic heterocycles. The summed E-state index contributed by atoms with van der Waals surface area (Å²) in [6.07, 6.45) is -2.65. The number of rotatable bonds is 5. The van der Waals surface area contributed by atoms with E-state index in [-0.39, 0.29) is 36.1 Å². The first-order chi connectivity index (χ1) is 14.0. The molecule has 1 aromatic carbocycles. The summed E-state index contributed by atoms with van der Waals surface area (Å²) in [7, 11) is -3.93. The number of aromatic nitrogens is 2. The first-order valence-electron chi connectivity index (χ1n) is 8.40. The van der Waals surface area contributed by atoms with Crippen LogP contribution >= 0.6 is 0 Å². The number of nitrogens with two attached hydrogens (primary N) is 1. The predicted molar refractivity (Wildman–Crippen MR) is 96.7 cm³/mol. The van der Waals surface area contributed by atoms with Gasteiger partial charge in [-0.3, -0.25) is 0 Å². The van der Waals surface area contributed by atoms with Crippen molar-refractivity contribution in [3.05, 3.63) is 48.4 Å². The first-order valence-corrected chi connectivity index (χ1v) is 9.84. The summed E-state index contributed by atoms with van der Waals surface area (Å²) >= 11 is 0. The van der Waals surface area contributed by atoms with Gasteiger partial charge >= 0.3 is 12.5 Å². The molecular formula is C17H15F3N4O5S. The molecule has 3 rings (SSSR count). The molecule has 2 aromatic rings. The van der Waals surface area contributed by atoms with E-state index in [0.29, 0.717) is 5.57 Å². The van der Waals surface area contributed by atoms with E-state index in [0.717, 1.165) is 24.3 Å². The van der Waals surface area contributed by atoms with E-state index in [1.54, 1.807) is 6.08 Å². The van der Waals surface area contributed by atoms with E-state index in [2.05, 4.69) is 14.7 Å². The highest BCUT2D eigenvalue weighted by Crippen LogP contribution is 2.27. The Kier molecular flexibility index (Phi) is 5.94. The van der Waals surface area contributed by atoms with Crippen molar-refractivity contribution in [2.45, 2.75) is 17.7 Å². The van der Waals surface area contributed by atoms with Crippen molar-refractivity contribution < 1.29 is 35.9 Å². The third-order valence-corrected chi connectivity index (χ3v) is 5.87. The van der Waals surface area contributed by atoms with E-state index in [4.69, 9.17) is 10.5 Å². The second kappa shape index (κ2) is 8.28. The van der Waals surface area contributed by atoms with E-state index in [9.17, 15) is 26.4 Å². The van der Waals surface area contributed by atoms with Crippen LogP contribution in [0.15, 0.2) is 47.5 Å². The van der Waals surface area contributed by atoms with E-state index >= 15 is 0 Å². The summed E-state index contributed by atoms with van der Waals surface area (Å²) in [5.41, 5.74) is 5.58. The Labute approximate surface area is 169 Å². The Morgan fingerprint density at radius 3 is 2.43 bits per heavy atom. The largest absolute Gasteiger partial charge is 0.573 e. The maximum absolute atomic E-state index is 12.7. The molecule has 9 nitrogen and oxygen atoms in total. The van der Waals surface area contributed by atoms with E-state index in [1.165, 1.54) is 16.6 Å². The third kappa shape index (κ3) is 5.24. The summed E-state index contributed by atoms with van der Waals surface area (Å²) in [5, 5.41) is 0. The number of carbonyl (C=O) groups excluding carboxylic acids is 1. The molecule has 13 heteroatoms. The summed E-state index contributed by atoms with van der Waals surface area (Å²) < 4.78 is 71.8. The number of hydrogen-bond donors (Lipinski definition) is 1. The molecule has 2 N–H and O–H groups in total. The molecule has 1 aliphatic rings. The van der Waals surface area contributed by atoms with Crippen LogP contribution in [-0.4, -0.2) is 48.2 Å². The fraction of sp³-hybridized carbons (Fsp3) is 0.235. The molecule has 1 aromatic heterocycles. The zero-order valence-corrected chi connectivity index (χ0v) is 16.0. The molecule has 0 saturated heterocycles. The van der Waals surface area contributed by atoms with Crippen LogP contribution < -0.4 is 15.2 Å². The molecule has 0 fully saturated rings. The number of hydrogen-bond acceptors (Lipinski definition) is 7. The molecule has 0 atom stereocenters. The van der Waals surface area contributed by atoms with E-state index < -0.39 is 28.2 Å². The second-order valence-corrected chi connectivity index (χ2v) is 7.94. The lowest BCUT2D eigenvalue weighted by Gasteiger charge is -2.25. The lowest BCUT2D eigenvalue weighted by atomic mass is 10.1. The average molecular weight is 444 g/mol. The molecule has 2 heterocycles. The van der Waals surface area contributed by atoms with E-state index in [1.807, 2.05) is 0 Å². The van der Waals surface area contributed by atoms with Crippen LogP contribution in [0.5, 0.6) is 11.6 Å². The van der Waals surface area contributed by atoms with Crippen molar-refractivity contribution in [3.63, 3.8) is 0 Å². The lowest BCUT2D eigenvalue weighted by molar-refractivity contribution is -0.274. The van der Waals surface area contributed by atoms with Gasteiger partial charge in [-0.05, 0) is 36.3 Å². The fourth-order valence-corrected chi connectivity index (χ4v) is 4.07. The topological polar surface area (TPSA) is 125 Å². The van der Waals surface area contributed by atoms with Crippen molar-refractivity contribution in [2.75, 3.05) is 13.1 Å². The standard InChI is InChI=1S/C17H15F3N4O5S/c18-17(19,20)29-12-1-3-13(4-2-12)30(26,27)24-9-6-11(7-10-24)15-22-8-5-14(23-15)28-16(21)25/h1-6,8H,7,9-10H2,(H2,21,25). The van der Waals surface area contributed by atoms with Crippen molar-refractivity contribution in [1.29, 1.82) is 0 Å². The SMILES string of the molecule is NC(=O)Oc1ccnc(C2=CCN(S(=O)(=O)c3ccc(OC(F)(F)F)cc3)CC2)n1. The highest BCUT2D eigenvalue weighted by molar-refractivity contribution is 7.89. The third-order valence-electron chi connectivity index (χ3n) is 3.99. The Balaban J connectivity index is 1.73. The zero-order valence-electron chi connectivity index (χ0n) is 15.2. The molecule has 0 aliphatic carbocycles. The fourth-order valence-electron chi connectivity index (χ4n) is 2.69. The Bertz CT molecular complexity index is 1070. The average Bonchev–Trinajstić information content (AvgIpc) is 2.67. The predicted octanol–water partition coefficient (Wildman–Crippen LogP) is 2.31. The van der Waals surface area contributed by atoms with Crippen LogP contribution in [0.4, 0.5) is 18.0 Å². The number of nitrogens with zero attached hydrogens (tertiary/aromatic N) is 3. The second-order valence-electron chi connectivity index (χ2n) is 6.00. The normalized spacial score (nSPS) is 15.4. The van der Waals surface area contributed by atoms with Gasteiger partial charge in [0.05, 0.1) is 4.90 Å². The highest BCUT2D eigenvalue weighted by Gasteiger charge is 2.32. The molecule has 0 saturated carbocycles. The number of sulfonamides is 1. The van der Waals surface area contributed by atoms with Gasteiger partial charge in [-0.1, -0.05) is 6.08 Å². The summed E-state index contributed by atoms with van der Waals surface area (Å²) in [6.45, 7) is 0.0992. The van der Waals surface area contributed by atoms with Crippen LogP contribution in [-0.2, 0) is 10.0 Å². The lowest BCUT2D eigenvalue weighted by Crippen LogP contribution is -2.34. The smallest absolute Gasteiger partial charge is 0.406 e. The molecule has 160 valence electrons. The number of ether oxygens (including phenoxy) is 2. The number of benzene rings is 1. The maximum atomic E-state index is 12.7. The van der Waals surface area contributed by atoms with Gasteiger partial charge in [0, 0.05) is 25.4 Å². The minimum absolute atomic E-state index is 0.00271. The first kappa shape index (κ1) is 21.5. The van der Waals surface area contributed by atoms with Crippen LogP contribution in [0.1, 0.15) is 12.2 Å². The summed E-state index contributed by atoms with van der Waals surface area (Å²) in [6, 6.07) is 5.31. The van der Waals surface area contributed by atoms with Crippen LogP contribution in [0.3, 0.4) is 0 Å².